The van der Waals surface area contributed by atoms with Gasteiger partial charge in [-0.05, 0) is 37.3 Å². The number of piperidine rings is 1. The van der Waals surface area contributed by atoms with E-state index >= 15 is 0 Å². The lowest BCUT2D eigenvalue weighted by Crippen LogP contribution is -2.45. The Morgan fingerprint density at radius 2 is 1.97 bits per heavy atom. The molecule has 174 valence electrons. The van der Waals surface area contributed by atoms with Crippen LogP contribution in [-0.4, -0.2) is 73.6 Å². The van der Waals surface area contributed by atoms with Crippen molar-refractivity contribution >= 4 is 22.8 Å². The molecule has 0 aliphatic carbocycles. The summed E-state index contributed by atoms with van der Waals surface area (Å²) < 4.78 is 2.12. The molecule has 3 amide bonds. The summed E-state index contributed by atoms with van der Waals surface area (Å²) in [5.74, 6) is 1.79. The van der Waals surface area contributed by atoms with E-state index in [2.05, 4.69) is 31.9 Å². The van der Waals surface area contributed by atoms with Crippen molar-refractivity contribution in [3.63, 3.8) is 0 Å². The van der Waals surface area contributed by atoms with Crippen LogP contribution in [0, 0.1) is 0 Å². The second-order valence-corrected chi connectivity index (χ2v) is 9.18. The van der Waals surface area contributed by atoms with Crippen molar-refractivity contribution in [1.82, 2.24) is 34.4 Å². The molecule has 1 fully saturated rings. The summed E-state index contributed by atoms with van der Waals surface area (Å²) in [6, 6.07) is 8.13. The van der Waals surface area contributed by atoms with Crippen LogP contribution in [-0.2, 0) is 24.3 Å². The molecule has 2 aliphatic heterocycles. The molecule has 0 saturated carbocycles. The summed E-state index contributed by atoms with van der Waals surface area (Å²) in [5.41, 5.74) is 2.27. The van der Waals surface area contributed by atoms with Gasteiger partial charge >= 0.3 is 6.03 Å². The number of para-hydroxylation sites is 1. The molecule has 9 heteroatoms. The third-order valence-corrected chi connectivity index (χ3v) is 6.85. The molecule has 1 atom stereocenters. The van der Waals surface area contributed by atoms with Crippen molar-refractivity contribution in [2.45, 2.75) is 51.2 Å². The van der Waals surface area contributed by atoms with Gasteiger partial charge in [0.2, 0.25) is 5.91 Å². The average molecular weight is 450 g/mol. The van der Waals surface area contributed by atoms with E-state index in [0.29, 0.717) is 32.5 Å². The van der Waals surface area contributed by atoms with Crippen molar-refractivity contribution in [2.75, 3.05) is 27.2 Å². The monoisotopic (exact) mass is 449 g/mol. The summed E-state index contributed by atoms with van der Waals surface area (Å²) in [6.07, 6.45) is 6.16. The van der Waals surface area contributed by atoms with E-state index in [0.717, 1.165) is 43.0 Å². The van der Waals surface area contributed by atoms with Crippen LogP contribution in [0.4, 0.5) is 4.79 Å². The molecule has 1 saturated heterocycles. The van der Waals surface area contributed by atoms with Crippen LogP contribution in [0.25, 0.3) is 10.9 Å². The zero-order chi connectivity index (χ0) is 22.9. The SMILES string of the molecule is CN(C)C(=O)N1CCCCC1c1nnc2n1CCN(C(=O)CCc1c[nH]c3ccccc13)C2. The number of aromatic amines is 1. The van der Waals surface area contributed by atoms with Crippen LogP contribution in [0.15, 0.2) is 30.5 Å². The Morgan fingerprint density at radius 3 is 2.82 bits per heavy atom. The quantitative estimate of drug-likeness (QED) is 0.663. The van der Waals surface area contributed by atoms with Crippen LogP contribution in [0.2, 0.25) is 0 Å². The Morgan fingerprint density at radius 1 is 1.12 bits per heavy atom. The number of amides is 3. The van der Waals surface area contributed by atoms with E-state index in [1.165, 1.54) is 10.9 Å². The Labute approximate surface area is 193 Å². The third kappa shape index (κ3) is 4.07. The van der Waals surface area contributed by atoms with Crippen LogP contribution in [0.5, 0.6) is 0 Å². The lowest BCUT2D eigenvalue weighted by Gasteiger charge is -2.37. The maximum Gasteiger partial charge on any atom is 0.320 e. The van der Waals surface area contributed by atoms with Gasteiger partial charge in [-0.15, -0.1) is 10.2 Å². The predicted molar refractivity (Wildman–Crippen MR) is 124 cm³/mol. The minimum Gasteiger partial charge on any atom is -0.361 e. The fraction of sp³-hybridized carbons (Fsp3) is 0.500. The molecule has 3 aromatic rings. The van der Waals surface area contributed by atoms with E-state index in [1.807, 2.05) is 28.1 Å². The number of aryl methyl sites for hydroxylation is 1. The first kappa shape index (κ1) is 21.5. The zero-order valence-electron chi connectivity index (χ0n) is 19.3. The summed E-state index contributed by atoms with van der Waals surface area (Å²) in [7, 11) is 3.57. The van der Waals surface area contributed by atoms with Crippen molar-refractivity contribution < 1.29 is 9.59 Å². The second kappa shape index (κ2) is 8.88. The minimum absolute atomic E-state index is 0.0157. The van der Waals surface area contributed by atoms with Gasteiger partial charge in [-0.3, -0.25) is 4.79 Å². The smallest absolute Gasteiger partial charge is 0.320 e. The van der Waals surface area contributed by atoms with Crippen molar-refractivity contribution in [3.8, 4) is 0 Å². The molecule has 0 radical (unpaired) electrons. The van der Waals surface area contributed by atoms with Gasteiger partial charge in [0.05, 0.1) is 12.6 Å². The van der Waals surface area contributed by atoms with Crippen LogP contribution < -0.4 is 0 Å². The van der Waals surface area contributed by atoms with Gasteiger partial charge in [-0.1, -0.05) is 18.2 Å². The van der Waals surface area contributed by atoms with Gasteiger partial charge in [0, 0.05) is 57.3 Å². The molecule has 1 N–H and O–H groups in total. The number of aromatic nitrogens is 4. The molecule has 0 bridgehead atoms. The Bertz CT molecular complexity index is 1160. The molecule has 1 aromatic carbocycles. The lowest BCUT2D eigenvalue weighted by atomic mass is 10.0. The average Bonchev–Trinajstić information content (AvgIpc) is 3.45. The number of hydrogen-bond donors (Lipinski definition) is 1. The number of fused-ring (bicyclic) bond motifs is 2. The first-order chi connectivity index (χ1) is 16.0. The fourth-order valence-corrected chi connectivity index (χ4v) is 5.06. The highest BCUT2D eigenvalue weighted by atomic mass is 16.2. The highest BCUT2D eigenvalue weighted by Gasteiger charge is 2.34. The molecule has 1 unspecified atom stereocenters. The summed E-state index contributed by atoms with van der Waals surface area (Å²) >= 11 is 0. The van der Waals surface area contributed by atoms with Gasteiger partial charge in [0.15, 0.2) is 11.6 Å². The third-order valence-electron chi connectivity index (χ3n) is 6.85. The maximum atomic E-state index is 13.0. The van der Waals surface area contributed by atoms with Crippen molar-refractivity contribution in [1.29, 1.82) is 0 Å². The molecular formula is C24H31N7O2. The van der Waals surface area contributed by atoms with Gasteiger partial charge in [-0.2, -0.15) is 0 Å². The van der Waals surface area contributed by atoms with E-state index in [9.17, 15) is 9.59 Å². The number of H-pyrrole nitrogens is 1. The summed E-state index contributed by atoms with van der Waals surface area (Å²) in [4.78, 5) is 34.4. The molecule has 9 nitrogen and oxygen atoms in total. The van der Waals surface area contributed by atoms with Crippen molar-refractivity contribution in [2.24, 2.45) is 0 Å². The largest absolute Gasteiger partial charge is 0.361 e. The number of hydrogen-bond acceptors (Lipinski definition) is 4. The fourth-order valence-electron chi connectivity index (χ4n) is 5.06. The van der Waals surface area contributed by atoms with Crippen molar-refractivity contribution in [3.05, 3.63) is 47.7 Å². The Kier molecular flexibility index (Phi) is 5.78. The minimum atomic E-state index is -0.0565. The second-order valence-electron chi connectivity index (χ2n) is 9.18. The highest BCUT2D eigenvalue weighted by molar-refractivity contribution is 5.84. The molecule has 2 aliphatic rings. The molecular weight excluding hydrogens is 418 g/mol. The molecule has 2 aromatic heterocycles. The standard InChI is InChI=1S/C24H31N7O2/c1-28(2)24(33)30-12-6-5-9-20(30)23-27-26-21-16-29(13-14-31(21)23)22(32)11-10-17-15-25-19-8-4-3-7-18(17)19/h3-4,7-8,15,20,25H,5-6,9-14,16H2,1-2H3. The van der Waals surface area contributed by atoms with Gasteiger partial charge in [0.1, 0.15) is 0 Å². The summed E-state index contributed by atoms with van der Waals surface area (Å²) in [6.45, 7) is 2.51. The number of rotatable bonds is 4. The van der Waals surface area contributed by atoms with E-state index in [-0.39, 0.29) is 18.0 Å². The number of nitrogens with one attached hydrogen (secondary N) is 1. The molecule has 33 heavy (non-hydrogen) atoms. The number of carbonyl (C=O) groups is 2. The number of benzene rings is 1. The van der Waals surface area contributed by atoms with E-state index in [4.69, 9.17) is 0 Å². The summed E-state index contributed by atoms with van der Waals surface area (Å²) in [5, 5.41) is 10.1. The first-order valence-corrected chi connectivity index (χ1v) is 11.8. The normalized spacial score (nSPS) is 18.4. The predicted octanol–water partition coefficient (Wildman–Crippen LogP) is 2.94. The van der Waals surface area contributed by atoms with Gasteiger partial charge in [-0.25, -0.2) is 4.79 Å². The van der Waals surface area contributed by atoms with Crippen LogP contribution >= 0.6 is 0 Å². The maximum absolute atomic E-state index is 13.0. The number of nitrogens with zero attached hydrogens (tertiary/aromatic N) is 6. The highest BCUT2D eigenvalue weighted by Crippen LogP contribution is 2.32. The van der Waals surface area contributed by atoms with Gasteiger partial charge in [0.25, 0.3) is 0 Å². The number of urea groups is 1. The zero-order valence-corrected chi connectivity index (χ0v) is 19.3. The van der Waals surface area contributed by atoms with Gasteiger partial charge < -0.3 is 24.3 Å². The molecule has 5 rings (SSSR count). The lowest BCUT2D eigenvalue weighted by molar-refractivity contribution is -0.132. The molecule has 4 heterocycles. The molecule has 0 spiro atoms. The number of likely N-dealkylation sites (tertiary alicyclic amines) is 1. The first-order valence-electron chi connectivity index (χ1n) is 11.8. The van der Waals surface area contributed by atoms with Crippen LogP contribution in [0.1, 0.15) is 48.9 Å². The van der Waals surface area contributed by atoms with Crippen LogP contribution in [0.3, 0.4) is 0 Å². The van der Waals surface area contributed by atoms with E-state index < -0.39 is 0 Å². The Hall–Kier alpha value is -3.36. The topological polar surface area (TPSA) is 90.4 Å². The Balaban J connectivity index is 1.26. The number of carbonyl (C=O) groups excluding carboxylic acids is 2. The van der Waals surface area contributed by atoms with E-state index in [1.54, 1.807) is 19.0 Å².